The Kier molecular flexibility index (Phi) is 5.25. The zero-order valence-corrected chi connectivity index (χ0v) is 16.0. The van der Waals surface area contributed by atoms with Gasteiger partial charge in [0.25, 0.3) is 0 Å². The normalized spacial score (nSPS) is 11.2. The summed E-state index contributed by atoms with van der Waals surface area (Å²) in [6.07, 6.45) is 4.63. The maximum atomic E-state index is 14.3. The van der Waals surface area contributed by atoms with Gasteiger partial charge in [0.15, 0.2) is 11.5 Å². The van der Waals surface area contributed by atoms with E-state index in [0.29, 0.717) is 34.3 Å². The number of aromatic nitrogens is 5. The van der Waals surface area contributed by atoms with Gasteiger partial charge in [-0.1, -0.05) is 0 Å². The fourth-order valence-electron chi connectivity index (χ4n) is 2.50. The van der Waals surface area contributed by atoms with Crippen molar-refractivity contribution in [2.75, 3.05) is 10.6 Å². The Bertz CT molecular complexity index is 1000. The third-order valence-electron chi connectivity index (χ3n) is 3.71. The monoisotopic (exact) mass is 381 g/mol. The average Bonchev–Trinajstić information content (AvgIpc) is 2.61. The number of aryl methyl sites for hydroxylation is 1. The highest BCUT2D eigenvalue weighted by Crippen LogP contribution is 2.31. The number of anilines is 3. The lowest BCUT2D eigenvalue weighted by Gasteiger charge is -2.16. The van der Waals surface area contributed by atoms with Crippen LogP contribution in [0.1, 0.15) is 32.3 Å². The Morgan fingerprint density at radius 2 is 1.93 bits per heavy atom. The molecule has 0 aliphatic heterocycles. The Morgan fingerprint density at radius 3 is 2.57 bits per heavy atom. The van der Waals surface area contributed by atoms with E-state index in [0.717, 1.165) is 0 Å². The van der Waals surface area contributed by atoms with Crippen LogP contribution in [0.5, 0.6) is 0 Å². The van der Waals surface area contributed by atoms with Gasteiger partial charge < -0.3 is 10.6 Å². The van der Waals surface area contributed by atoms with Crippen molar-refractivity contribution in [1.82, 2.24) is 24.9 Å². The predicted molar refractivity (Wildman–Crippen MR) is 104 cm³/mol. The first kappa shape index (κ1) is 19.3. The Hall–Kier alpha value is -3.49. The van der Waals surface area contributed by atoms with E-state index < -0.39 is 5.67 Å². The molecule has 3 rings (SSSR count). The van der Waals surface area contributed by atoms with E-state index >= 15 is 0 Å². The average molecular weight is 381 g/mol. The topological polar surface area (TPSA) is 106 Å². The van der Waals surface area contributed by atoms with Crippen LogP contribution in [-0.2, 0) is 10.5 Å². The first-order valence-corrected chi connectivity index (χ1v) is 8.58. The van der Waals surface area contributed by atoms with Gasteiger partial charge in [-0.2, -0.15) is 0 Å². The fraction of sp³-hybridized carbons (Fsp3) is 0.263. The van der Waals surface area contributed by atoms with E-state index in [9.17, 15) is 9.18 Å². The molecule has 0 atom stereocenters. The molecule has 0 aromatic carbocycles. The molecule has 0 aliphatic rings. The molecule has 144 valence electrons. The number of carbonyl (C=O) groups excluding carboxylic acids is 1. The Labute approximate surface area is 161 Å². The van der Waals surface area contributed by atoms with Crippen molar-refractivity contribution in [2.24, 2.45) is 0 Å². The van der Waals surface area contributed by atoms with Gasteiger partial charge >= 0.3 is 0 Å². The van der Waals surface area contributed by atoms with E-state index in [2.05, 4.69) is 35.6 Å². The van der Waals surface area contributed by atoms with Crippen molar-refractivity contribution < 1.29 is 9.18 Å². The lowest BCUT2D eigenvalue weighted by atomic mass is 10.1. The van der Waals surface area contributed by atoms with Crippen molar-refractivity contribution in [2.45, 2.75) is 33.4 Å². The molecule has 8 nitrogen and oxygen atoms in total. The zero-order valence-electron chi connectivity index (χ0n) is 16.0. The summed E-state index contributed by atoms with van der Waals surface area (Å²) in [5.41, 5.74) is 0.846. The summed E-state index contributed by atoms with van der Waals surface area (Å²) in [6, 6.07) is 5.11. The molecule has 0 bridgehead atoms. The molecular formula is C19H20FN7O. The number of amides is 1. The molecule has 0 saturated heterocycles. The summed E-state index contributed by atoms with van der Waals surface area (Å²) in [6.45, 7) is 5.97. The summed E-state index contributed by atoms with van der Waals surface area (Å²) >= 11 is 0. The summed E-state index contributed by atoms with van der Waals surface area (Å²) in [5.74, 6) is 0.621. The Balaban J connectivity index is 2.06. The molecule has 1 amide bonds. The van der Waals surface area contributed by atoms with Gasteiger partial charge in [0.1, 0.15) is 18.0 Å². The SMILES string of the molecule is CC(=O)Nc1cc(Nc2cc(C)nc(C(C)(C)F)n2)c(-c2ccncn2)cn1. The van der Waals surface area contributed by atoms with Crippen LogP contribution in [0.15, 0.2) is 36.9 Å². The second-order valence-electron chi connectivity index (χ2n) is 6.71. The van der Waals surface area contributed by atoms with Gasteiger partial charge in [0.05, 0.1) is 11.4 Å². The highest BCUT2D eigenvalue weighted by molar-refractivity contribution is 5.89. The maximum absolute atomic E-state index is 14.3. The molecule has 0 saturated carbocycles. The molecule has 0 spiro atoms. The van der Waals surface area contributed by atoms with Crippen molar-refractivity contribution >= 4 is 23.2 Å². The minimum absolute atomic E-state index is 0.0785. The smallest absolute Gasteiger partial charge is 0.222 e. The van der Waals surface area contributed by atoms with Crippen LogP contribution in [-0.4, -0.2) is 30.8 Å². The standard InChI is InChI=1S/C19H20FN7O/c1-11-7-17(27-18(24-11)19(3,4)20)26-15-8-16(25-12(2)28)22-9-13(15)14-5-6-21-10-23-14/h5-10H,1-4H3,(H2,22,24,25,26,27,28). The van der Waals surface area contributed by atoms with E-state index in [1.165, 1.54) is 27.1 Å². The van der Waals surface area contributed by atoms with Gasteiger partial charge in [-0.25, -0.2) is 29.3 Å². The van der Waals surface area contributed by atoms with Crippen LogP contribution in [0.2, 0.25) is 0 Å². The van der Waals surface area contributed by atoms with Crippen LogP contribution in [0.25, 0.3) is 11.3 Å². The van der Waals surface area contributed by atoms with Crippen LogP contribution in [0, 0.1) is 6.92 Å². The summed E-state index contributed by atoms with van der Waals surface area (Å²) < 4.78 is 14.3. The van der Waals surface area contributed by atoms with Gasteiger partial charge in [-0.15, -0.1) is 0 Å². The third kappa shape index (κ3) is 4.61. The van der Waals surface area contributed by atoms with Crippen LogP contribution in [0.3, 0.4) is 0 Å². The summed E-state index contributed by atoms with van der Waals surface area (Å²) in [7, 11) is 0. The largest absolute Gasteiger partial charge is 0.339 e. The number of nitrogens with one attached hydrogen (secondary N) is 2. The second kappa shape index (κ2) is 7.63. The van der Waals surface area contributed by atoms with E-state index in [-0.39, 0.29) is 11.7 Å². The molecule has 0 unspecified atom stereocenters. The summed E-state index contributed by atoms with van der Waals surface area (Å²) in [5, 5.41) is 5.81. The zero-order chi connectivity index (χ0) is 20.3. The second-order valence-corrected chi connectivity index (χ2v) is 6.71. The molecule has 0 radical (unpaired) electrons. The highest BCUT2D eigenvalue weighted by atomic mass is 19.1. The predicted octanol–water partition coefficient (Wildman–Crippen LogP) is 3.54. The number of carbonyl (C=O) groups is 1. The van der Waals surface area contributed by atoms with Gasteiger partial charge in [0, 0.05) is 42.7 Å². The third-order valence-corrected chi connectivity index (χ3v) is 3.71. The summed E-state index contributed by atoms with van der Waals surface area (Å²) in [4.78, 5) is 32.3. The van der Waals surface area contributed by atoms with Gasteiger partial charge in [-0.05, 0) is 26.8 Å². The number of hydrogen-bond donors (Lipinski definition) is 2. The fourth-order valence-corrected chi connectivity index (χ4v) is 2.50. The van der Waals surface area contributed by atoms with Crippen molar-refractivity contribution in [3.63, 3.8) is 0 Å². The number of pyridine rings is 1. The number of halogens is 1. The van der Waals surface area contributed by atoms with Gasteiger partial charge in [-0.3, -0.25) is 4.79 Å². The first-order chi connectivity index (χ1) is 13.2. The van der Waals surface area contributed by atoms with E-state index in [1.807, 2.05) is 0 Å². The number of nitrogens with zero attached hydrogens (tertiary/aromatic N) is 5. The molecule has 3 aromatic rings. The van der Waals surface area contributed by atoms with E-state index in [4.69, 9.17) is 0 Å². The van der Waals surface area contributed by atoms with Crippen LogP contribution in [0.4, 0.5) is 21.7 Å². The number of hydrogen-bond acceptors (Lipinski definition) is 7. The van der Waals surface area contributed by atoms with Crippen molar-refractivity contribution in [3.05, 3.63) is 48.4 Å². The number of rotatable bonds is 5. The number of alkyl halides is 1. The quantitative estimate of drug-likeness (QED) is 0.696. The van der Waals surface area contributed by atoms with Crippen molar-refractivity contribution in [1.29, 1.82) is 0 Å². The van der Waals surface area contributed by atoms with Crippen LogP contribution < -0.4 is 10.6 Å². The molecule has 0 fully saturated rings. The molecule has 28 heavy (non-hydrogen) atoms. The minimum Gasteiger partial charge on any atom is -0.339 e. The molecule has 9 heteroatoms. The minimum atomic E-state index is -1.68. The molecule has 0 aliphatic carbocycles. The maximum Gasteiger partial charge on any atom is 0.222 e. The molecule has 2 N–H and O–H groups in total. The molecule has 3 heterocycles. The molecular weight excluding hydrogens is 361 g/mol. The van der Waals surface area contributed by atoms with Crippen LogP contribution >= 0.6 is 0 Å². The van der Waals surface area contributed by atoms with Crippen molar-refractivity contribution in [3.8, 4) is 11.3 Å². The van der Waals surface area contributed by atoms with Gasteiger partial charge in [0.2, 0.25) is 5.91 Å². The molecule has 3 aromatic heterocycles. The highest BCUT2D eigenvalue weighted by Gasteiger charge is 2.23. The van der Waals surface area contributed by atoms with E-state index in [1.54, 1.807) is 37.5 Å². The Morgan fingerprint density at radius 1 is 1.14 bits per heavy atom. The lowest BCUT2D eigenvalue weighted by Crippen LogP contribution is -2.16. The lowest BCUT2D eigenvalue weighted by molar-refractivity contribution is -0.114. The first-order valence-electron chi connectivity index (χ1n) is 8.58.